The van der Waals surface area contributed by atoms with Crippen molar-refractivity contribution in [2.24, 2.45) is 0 Å². The van der Waals surface area contributed by atoms with Crippen LogP contribution < -0.4 is 0 Å². The van der Waals surface area contributed by atoms with E-state index in [4.69, 9.17) is 16.9 Å². The molecule has 1 rings (SSSR count). The number of allylic oxidation sites excluding steroid dienone is 1. The van der Waals surface area contributed by atoms with E-state index in [0.29, 0.717) is 17.0 Å². The highest BCUT2D eigenvalue weighted by Crippen LogP contribution is 2.25. The van der Waals surface area contributed by atoms with E-state index in [9.17, 15) is 0 Å². The highest BCUT2D eigenvalue weighted by molar-refractivity contribution is 9.10. The Morgan fingerprint density at radius 1 is 1.43 bits per heavy atom. The fraction of sp³-hybridized carbons (Fsp3) is 0.182. The van der Waals surface area contributed by atoms with E-state index in [1.165, 1.54) is 0 Å². The van der Waals surface area contributed by atoms with Crippen LogP contribution in [0.3, 0.4) is 0 Å². The minimum absolute atomic E-state index is 0.544. The molecular formula is C11H9BrClN. The van der Waals surface area contributed by atoms with Gasteiger partial charge in [-0.05, 0) is 24.1 Å². The van der Waals surface area contributed by atoms with Crippen LogP contribution in [0.5, 0.6) is 0 Å². The van der Waals surface area contributed by atoms with Crippen LogP contribution in [0.15, 0.2) is 34.3 Å². The number of nitriles is 1. The Balaban J connectivity index is 3.12. The van der Waals surface area contributed by atoms with Crippen molar-refractivity contribution in [3.8, 4) is 6.07 Å². The Bertz CT molecular complexity index is 387. The third-order valence-electron chi connectivity index (χ3n) is 1.85. The molecule has 0 atom stereocenters. The summed E-state index contributed by atoms with van der Waals surface area (Å²) in [6.07, 6.45) is 0.658. The zero-order chi connectivity index (χ0) is 10.6. The SMILES string of the molecule is CCC(C#N)=C(Cl)c1ccc(Br)cc1. The number of hydrogen-bond acceptors (Lipinski definition) is 1. The van der Waals surface area contributed by atoms with E-state index in [0.717, 1.165) is 10.0 Å². The van der Waals surface area contributed by atoms with Crippen LogP contribution in [0.4, 0.5) is 0 Å². The summed E-state index contributed by atoms with van der Waals surface area (Å²) in [5.74, 6) is 0. The van der Waals surface area contributed by atoms with Gasteiger partial charge in [-0.15, -0.1) is 0 Å². The Labute approximate surface area is 97.1 Å². The van der Waals surface area contributed by atoms with Crippen LogP contribution in [0.1, 0.15) is 18.9 Å². The monoisotopic (exact) mass is 269 g/mol. The van der Waals surface area contributed by atoms with Gasteiger partial charge in [-0.3, -0.25) is 0 Å². The molecule has 72 valence electrons. The molecule has 0 amide bonds. The predicted molar refractivity (Wildman–Crippen MR) is 62.8 cm³/mol. The lowest BCUT2D eigenvalue weighted by Gasteiger charge is -2.01. The van der Waals surface area contributed by atoms with Gasteiger partial charge in [0.2, 0.25) is 0 Å². The van der Waals surface area contributed by atoms with Gasteiger partial charge in [0.25, 0.3) is 0 Å². The number of rotatable bonds is 2. The number of nitrogens with zero attached hydrogens (tertiary/aromatic N) is 1. The Morgan fingerprint density at radius 3 is 2.43 bits per heavy atom. The molecule has 0 aliphatic rings. The fourth-order valence-electron chi connectivity index (χ4n) is 1.05. The van der Waals surface area contributed by atoms with Gasteiger partial charge in [0.05, 0.1) is 11.1 Å². The molecule has 1 aromatic carbocycles. The molecule has 0 unspecified atom stereocenters. The molecule has 0 bridgehead atoms. The second kappa shape index (κ2) is 5.19. The lowest BCUT2D eigenvalue weighted by Crippen LogP contribution is -1.83. The molecule has 0 heterocycles. The van der Waals surface area contributed by atoms with Crippen LogP contribution in [0.25, 0.3) is 5.03 Å². The predicted octanol–water partition coefficient (Wildman–Crippen LogP) is 4.33. The third kappa shape index (κ3) is 2.60. The lowest BCUT2D eigenvalue weighted by molar-refractivity contribution is 1.16. The number of hydrogen-bond donors (Lipinski definition) is 0. The molecule has 3 heteroatoms. The summed E-state index contributed by atoms with van der Waals surface area (Å²) in [5, 5.41) is 9.35. The van der Waals surface area contributed by atoms with Crippen molar-refractivity contribution in [2.45, 2.75) is 13.3 Å². The smallest absolute Gasteiger partial charge is 0.0962 e. The first-order chi connectivity index (χ1) is 6.69. The van der Waals surface area contributed by atoms with Crippen molar-refractivity contribution in [2.75, 3.05) is 0 Å². The molecule has 0 aliphatic heterocycles. The average Bonchev–Trinajstić information content (AvgIpc) is 2.20. The molecule has 0 saturated heterocycles. The van der Waals surface area contributed by atoms with E-state index in [1.807, 2.05) is 31.2 Å². The van der Waals surface area contributed by atoms with E-state index >= 15 is 0 Å². The summed E-state index contributed by atoms with van der Waals surface area (Å²) >= 11 is 9.41. The topological polar surface area (TPSA) is 23.8 Å². The van der Waals surface area contributed by atoms with Crippen molar-refractivity contribution < 1.29 is 0 Å². The van der Waals surface area contributed by atoms with Crippen LogP contribution in [-0.2, 0) is 0 Å². The molecule has 0 aromatic heterocycles. The quantitative estimate of drug-likeness (QED) is 0.734. The second-order valence-electron chi connectivity index (χ2n) is 2.76. The maximum atomic E-state index is 8.81. The van der Waals surface area contributed by atoms with Gasteiger partial charge in [-0.2, -0.15) is 5.26 Å². The zero-order valence-corrected chi connectivity index (χ0v) is 10.1. The molecule has 0 radical (unpaired) electrons. The lowest BCUT2D eigenvalue weighted by atomic mass is 10.1. The van der Waals surface area contributed by atoms with Gasteiger partial charge < -0.3 is 0 Å². The van der Waals surface area contributed by atoms with Crippen LogP contribution in [-0.4, -0.2) is 0 Å². The van der Waals surface area contributed by atoms with Crippen LogP contribution >= 0.6 is 27.5 Å². The van der Waals surface area contributed by atoms with Gasteiger partial charge in [-0.1, -0.05) is 46.6 Å². The normalized spacial score (nSPS) is 11.9. The summed E-state index contributed by atoms with van der Waals surface area (Å²) in [6, 6.07) is 9.69. The maximum absolute atomic E-state index is 8.81. The van der Waals surface area contributed by atoms with Gasteiger partial charge in [-0.25, -0.2) is 0 Å². The molecule has 1 nitrogen and oxygen atoms in total. The maximum Gasteiger partial charge on any atom is 0.0962 e. The summed E-state index contributed by atoms with van der Waals surface area (Å²) in [6.45, 7) is 1.92. The molecule has 0 fully saturated rings. The summed E-state index contributed by atoms with van der Waals surface area (Å²) in [4.78, 5) is 0. The number of halogens is 2. The standard InChI is InChI=1S/C11H9BrClN/c1-2-8(7-14)11(13)9-3-5-10(12)6-4-9/h3-6H,2H2,1H3. The molecule has 1 aromatic rings. The molecule has 0 spiro atoms. The Morgan fingerprint density at radius 2 is 2.00 bits per heavy atom. The van der Waals surface area contributed by atoms with Crippen LogP contribution in [0.2, 0.25) is 0 Å². The first-order valence-electron chi connectivity index (χ1n) is 4.23. The first-order valence-corrected chi connectivity index (χ1v) is 5.40. The second-order valence-corrected chi connectivity index (χ2v) is 4.06. The van der Waals surface area contributed by atoms with E-state index < -0.39 is 0 Å². The van der Waals surface area contributed by atoms with Gasteiger partial charge in [0.1, 0.15) is 0 Å². The van der Waals surface area contributed by atoms with Crippen LogP contribution in [0, 0.1) is 11.3 Å². The Kier molecular flexibility index (Phi) is 4.19. The van der Waals surface area contributed by atoms with Crippen molar-refractivity contribution in [1.82, 2.24) is 0 Å². The molecule has 0 saturated carbocycles. The highest BCUT2D eigenvalue weighted by atomic mass is 79.9. The van der Waals surface area contributed by atoms with Crippen molar-refractivity contribution in [1.29, 1.82) is 5.26 Å². The van der Waals surface area contributed by atoms with Gasteiger partial charge >= 0.3 is 0 Å². The van der Waals surface area contributed by atoms with Crippen molar-refractivity contribution in [3.63, 3.8) is 0 Å². The molecule has 0 N–H and O–H groups in total. The first kappa shape index (κ1) is 11.3. The molecular weight excluding hydrogens is 261 g/mol. The Hall–Kier alpha value is -0.780. The van der Waals surface area contributed by atoms with E-state index in [1.54, 1.807) is 0 Å². The van der Waals surface area contributed by atoms with E-state index in [2.05, 4.69) is 22.0 Å². The van der Waals surface area contributed by atoms with Gasteiger partial charge in [0, 0.05) is 10.0 Å². The molecule has 0 aliphatic carbocycles. The number of benzene rings is 1. The summed E-state index contributed by atoms with van der Waals surface area (Å²) in [5.41, 5.74) is 1.50. The minimum atomic E-state index is 0.544. The summed E-state index contributed by atoms with van der Waals surface area (Å²) in [7, 11) is 0. The van der Waals surface area contributed by atoms with Gasteiger partial charge in [0.15, 0.2) is 0 Å². The molecule has 14 heavy (non-hydrogen) atoms. The van der Waals surface area contributed by atoms with E-state index in [-0.39, 0.29) is 0 Å². The summed E-state index contributed by atoms with van der Waals surface area (Å²) < 4.78 is 1.00. The highest BCUT2D eigenvalue weighted by Gasteiger charge is 2.04. The zero-order valence-electron chi connectivity index (χ0n) is 7.72. The average molecular weight is 271 g/mol. The van der Waals surface area contributed by atoms with Crippen molar-refractivity contribution >= 4 is 32.6 Å². The largest absolute Gasteiger partial charge is 0.193 e. The fourth-order valence-corrected chi connectivity index (χ4v) is 1.62. The third-order valence-corrected chi connectivity index (χ3v) is 2.83. The minimum Gasteiger partial charge on any atom is -0.193 e. The van der Waals surface area contributed by atoms with Crippen molar-refractivity contribution in [3.05, 3.63) is 39.9 Å².